The van der Waals surface area contributed by atoms with E-state index in [-0.39, 0.29) is 22.8 Å². The van der Waals surface area contributed by atoms with Gasteiger partial charge in [-0.05, 0) is 0 Å². The highest BCUT2D eigenvalue weighted by molar-refractivity contribution is 7.09. The van der Waals surface area contributed by atoms with Crippen molar-refractivity contribution in [3.63, 3.8) is 0 Å². The summed E-state index contributed by atoms with van der Waals surface area (Å²) >= 11 is 1.61. The second kappa shape index (κ2) is 6.17. The number of aromatic nitrogens is 3. The van der Waals surface area contributed by atoms with Gasteiger partial charge in [0.1, 0.15) is 0 Å². The number of nitrogens with zero attached hydrogens (tertiary/aromatic N) is 3. The summed E-state index contributed by atoms with van der Waals surface area (Å²) in [5.74, 6) is -0.174. The summed E-state index contributed by atoms with van der Waals surface area (Å²) in [6.07, 6.45) is 3.59. The van der Waals surface area contributed by atoms with E-state index >= 15 is 0 Å². The molecular weight excluding hydrogens is 286 g/mol. The second-order valence-electron chi connectivity index (χ2n) is 5.67. The van der Waals surface area contributed by atoms with Gasteiger partial charge >= 0.3 is 0 Å². The lowest BCUT2D eigenvalue weighted by atomic mass is 9.93. The Bertz CT molecular complexity index is 632. The van der Waals surface area contributed by atoms with Gasteiger partial charge in [0.2, 0.25) is 0 Å². The molecule has 0 aliphatic rings. The van der Waals surface area contributed by atoms with E-state index in [2.05, 4.69) is 46.4 Å². The van der Waals surface area contributed by atoms with Crippen molar-refractivity contribution in [1.82, 2.24) is 20.3 Å². The van der Waals surface area contributed by atoms with Crippen LogP contribution in [0.1, 0.15) is 42.0 Å². The molecule has 0 aromatic carbocycles. The van der Waals surface area contributed by atoms with Crippen LogP contribution in [-0.4, -0.2) is 27.4 Å². The number of hydrogen-bond acceptors (Lipinski definition) is 6. The first-order valence-corrected chi connectivity index (χ1v) is 7.55. The molecule has 21 heavy (non-hydrogen) atoms. The van der Waals surface area contributed by atoms with Crippen LogP contribution in [-0.2, 0) is 11.8 Å². The van der Waals surface area contributed by atoms with Crippen molar-refractivity contribution < 1.29 is 4.79 Å². The molecule has 2 aromatic heterocycles. The molecule has 0 saturated heterocycles. The Morgan fingerprint density at radius 3 is 2.67 bits per heavy atom. The largest absolute Gasteiger partial charge is 0.382 e. The standard InChI is InChI=1S/C14H19N5OS/c1-14(2,3)9-8-21-10(19-9)4-5-18-13(20)11-12(15)17-7-6-16-11/h6-8H,4-5H2,1-3H3,(H2,15,17)(H,18,20). The molecule has 0 spiro atoms. The average Bonchev–Trinajstić information content (AvgIpc) is 2.88. The molecule has 112 valence electrons. The summed E-state index contributed by atoms with van der Waals surface area (Å²) in [4.78, 5) is 24.3. The van der Waals surface area contributed by atoms with E-state index in [9.17, 15) is 4.79 Å². The number of thiazole rings is 1. The molecule has 2 heterocycles. The van der Waals surface area contributed by atoms with Crippen molar-refractivity contribution in [2.24, 2.45) is 0 Å². The third-order valence-electron chi connectivity index (χ3n) is 2.89. The van der Waals surface area contributed by atoms with Crippen LogP contribution in [0.5, 0.6) is 0 Å². The minimum atomic E-state index is -0.312. The Labute approximate surface area is 127 Å². The molecule has 0 aliphatic carbocycles. The van der Waals surface area contributed by atoms with Gasteiger partial charge in [0.15, 0.2) is 11.5 Å². The summed E-state index contributed by atoms with van der Waals surface area (Å²) in [6, 6.07) is 0. The topological polar surface area (TPSA) is 93.8 Å². The molecule has 0 unspecified atom stereocenters. The lowest BCUT2D eigenvalue weighted by molar-refractivity contribution is 0.0950. The number of nitrogens with one attached hydrogen (secondary N) is 1. The van der Waals surface area contributed by atoms with Gasteiger partial charge in [-0.1, -0.05) is 20.8 Å². The Balaban J connectivity index is 1.89. The number of hydrogen-bond donors (Lipinski definition) is 2. The minimum absolute atomic E-state index is 0.0477. The second-order valence-corrected chi connectivity index (χ2v) is 6.62. The Morgan fingerprint density at radius 1 is 1.33 bits per heavy atom. The predicted octanol–water partition coefficient (Wildman–Crippen LogP) is 1.79. The van der Waals surface area contributed by atoms with Gasteiger partial charge in [0.05, 0.1) is 10.7 Å². The van der Waals surface area contributed by atoms with Gasteiger partial charge in [0.25, 0.3) is 5.91 Å². The fourth-order valence-electron chi connectivity index (χ4n) is 1.66. The summed E-state index contributed by atoms with van der Waals surface area (Å²) in [6.45, 7) is 6.88. The quantitative estimate of drug-likeness (QED) is 0.898. The van der Waals surface area contributed by atoms with Crippen LogP contribution in [0.3, 0.4) is 0 Å². The smallest absolute Gasteiger partial charge is 0.273 e. The maximum atomic E-state index is 11.9. The van der Waals surface area contributed by atoms with E-state index in [1.165, 1.54) is 12.4 Å². The Kier molecular flexibility index (Phi) is 4.52. The molecule has 6 nitrogen and oxygen atoms in total. The van der Waals surface area contributed by atoms with Crippen LogP contribution < -0.4 is 11.1 Å². The number of nitrogen functional groups attached to an aromatic ring is 1. The van der Waals surface area contributed by atoms with Gasteiger partial charge < -0.3 is 11.1 Å². The van der Waals surface area contributed by atoms with Crippen molar-refractivity contribution in [1.29, 1.82) is 0 Å². The van der Waals surface area contributed by atoms with E-state index < -0.39 is 0 Å². The monoisotopic (exact) mass is 305 g/mol. The molecule has 2 aromatic rings. The van der Waals surface area contributed by atoms with Crippen LogP contribution >= 0.6 is 11.3 Å². The summed E-state index contributed by atoms with van der Waals surface area (Å²) in [5.41, 5.74) is 6.89. The Morgan fingerprint density at radius 2 is 2.05 bits per heavy atom. The molecule has 0 saturated carbocycles. The van der Waals surface area contributed by atoms with Gasteiger partial charge in [-0.25, -0.2) is 15.0 Å². The fourth-order valence-corrected chi connectivity index (χ4v) is 2.69. The van der Waals surface area contributed by atoms with Gasteiger partial charge in [0, 0.05) is 36.2 Å². The summed E-state index contributed by atoms with van der Waals surface area (Å²) < 4.78 is 0. The van der Waals surface area contributed by atoms with Gasteiger partial charge in [-0.2, -0.15) is 0 Å². The summed E-state index contributed by atoms with van der Waals surface area (Å²) in [7, 11) is 0. The van der Waals surface area contributed by atoms with Gasteiger partial charge in [-0.15, -0.1) is 11.3 Å². The highest BCUT2D eigenvalue weighted by Gasteiger charge is 2.17. The average molecular weight is 305 g/mol. The minimum Gasteiger partial charge on any atom is -0.382 e. The molecule has 0 bridgehead atoms. The lowest BCUT2D eigenvalue weighted by Gasteiger charge is -2.14. The number of nitrogens with two attached hydrogens (primary N) is 1. The number of amides is 1. The van der Waals surface area contributed by atoms with Crippen molar-refractivity contribution in [2.75, 3.05) is 12.3 Å². The first-order chi connectivity index (χ1) is 9.88. The van der Waals surface area contributed by atoms with Crippen LogP contribution in [0.15, 0.2) is 17.8 Å². The maximum absolute atomic E-state index is 11.9. The van der Waals surface area contributed by atoms with Gasteiger partial charge in [-0.3, -0.25) is 4.79 Å². The van der Waals surface area contributed by atoms with Crippen LogP contribution in [0.4, 0.5) is 5.82 Å². The molecule has 3 N–H and O–H groups in total. The zero-order valence-corrected chi connectivity index (χ0v) is 13.2. The highest BCUT2D eigenvalue weighted by Crippen LogP contribution is 2.23. The van der Waals surface area contributed by atoms with Crippen LogP contribution in [0, 0.1) is 0 Å². The molecule has 0 aliphatic heterocycles. The third-order valence-corrected chi connectivity index (χ3v) is 3.79. The first-order valence-electron chi connectivity index (χ1n) is 6.67. The van der Waals surface area contributed by atoms with Crippen LogP contribution in [0.2, 0.25) is 0 Å². The lowest BCUT2D eigenvalue weighted by Crippen LogP contribution is -2.27. The van der Waals surface area contributed by atoms with E-state index in [0.29, 0.717) is 13.0 Å². The zero-order valence-electron chi connectivity index (χ0n) is 12.4. The molecule has 0 atom stereocenters. The fraction of sp³-hybridized carbons (Fsp3) is 0.429. The number of carbonyl (C=O) groups is 1. The molecule has 0 fully saturated rings. The number of carbonyl (C=O) groups excluding carboxylic acids is 1. The molecule has 7 heteroatoms. The molecule has 1 amide bonds. The zero-order chi connectivity index (χ0) is 15.5. The van der Waals surface area contributed by atoms with Crippen LogP contribution in [0.25, 0.3) is 0 Å². The molecule has 0 radical (unpaired) electrons. The van der Waals surface area contributed by atoms with Crippen molar-refractivity contribution in [3.05, 3.63) is 34.2 Å². The maximum Gasteiger partial charge on any atom is 0.273 e. The number of rotatable bonds is 4. The van der Waals surface area contributed by atoms with Crippen molar-refractivity contribution in [2.45, 2.75) is 32.6 Å². The van der Waals surface area contributed by atoms with E-state index in [1.807, 2.05) is 0 Å². The third kappa shape index (κ3) is 3.98. The van der Waals surface area contributed by atoms with Crippen molar-refractivity contribution >= 4 is 23.1 Å². The molecule has 2 rings (SSSR count). The molecular formula is C14H19N5OS. The van der Waals surface area contributed by atoms with Crippen molar-refractivity contribution in [3.8, 4) is 0 Å². The Hall–Kier alpha value is -2.02. The SMILES string of the molecule is CC(C)(C)c1csc(CCNC(=O)c2nccnc2N)n1. The summed E-state index contributed by atoms with van der Waals surface area (Å²) in [5, 5.41) is 5.86. The normalized spacial score (nSPS) is 11.4. The highest BCUT2D eigenvalue weighted by atomic mass is 32.1. The van der Waals surface area contributed by atoms with E-state index in [1.54, 1.807) is 11.3 Å². The van der Waals surface area contributed by atoms with E-state index in [0.717, 1.165) is 10.7 Å². The predicted molar refractivity (Wildman–Crippen MR) is 83.3 cm³/mol. The first kappa shape index (κ1) is 15.4. The van der Waals surface area contributed by atoms with E-state index in [4.69, 9.17) is 5.73 Å². The number of anilines is 1.